The highest BCUT2D eigenvalue weighted by Crippen LogP contribution is 2.22. The Hall–Kier alpha value is -2.03. The molecule has 0 saturated carbocycles. The number of aromatic nitrogens is 1. The minimum absolute atomic E-state index is 0.127. The minimum atomic E-state index is 0.127. The zero-order valence-electron chi connectivity index (χ0n) is 11.4. The molecule has 1 aliphatic rings. The van der Waals surface area contributed by atoms with E-state index in [1.54, 1.807) is 0 Å². The molecule has 2 heterocycles. The molecule has 0 atom stereocenters. The molecule has 3 rings (SSSR count). The van der Waals surface area contributed by atoms with Crippen LogP contribution in [0.1, 0.15) is 29.3 Å². The number of carbonyl (C=O) groups excluding carboxylic acids is 1. The summed E-state index contributed by atoms with van der Waals surface area (Å²) in [5, 5.41) is 1.02. The zero-order chi connectivity index (χ0) is 13.4. The van der Waals surface area contributed by atoms with Gasteiger partial charge >= 0.3 is 0 Å². The highest BCUT2D eigenvalue weighted by molar-refractivity contribution is 6.06. The number of aromatic amines is 1. The van der Waals surface area contributed by atoms with E-state index in [2.05, 4.69) is 31.0 Å². The Balaban J connectivity index is 1.96. The van der Waals surface area contributed by atoms with Crippen LogP contribution in [0.5, 0.6) is 0 Å². The lowest BCUT2D eigenvalue weighted by molar-refractivity contribution is 0.0768. The standard InChI is InChI=1S/C16H18N2O/c1-11-5-6-13-14(9-17-15(13)8-11)16(19)18-7-3-4-12(2)10-18/h4-6,8-9,17H,3,7,10H2,1-2H3. The van der Waals surface area contributed by atoms with Gasteiger partial charge in [-0.05, 0) is 31.9 Å². The van der Waals surface area contributed by atoms with Crippen LogP contribution in [0, 0.1) is 6.92 Å². The van der Waals surface area contributed by atoms with Crippen LogP contribution in [-0.4, -0.2) is 28.9 Å². The number of aryl methyl sites for hydroxylation is 1. The molecule has 3 heteroatoms. The number of rotatable bonds is 1. The summed E-state index contributed by atoms with van der Waals surface area (Å²) < 4.78 is 0. The first-order chi connectivity index (χ1) is 9.15. The third-order valence-corrected chi connectivity index (χ3v) is 3.69. The molecular formula is C16H18N2O. The van der Waals surface area contributed by atoms with E-state index in [4.69, 9.17) is 0 Å². The first-order valence-electron chi connectivity index (χ1n) is 6.68. The van der Waals surface area contributed by atoms with Crippen molar-refractivity contribution in [3.63, 3.8) is 0 Å². The molecule has 98 valence electrons. The highest BCUT2D eigenvalue weighted by Gasteiger charge is 2.20. The number of benzene rings is 1. The van der Waals surface area contributed by atoms with E-state index >= 15 is 0 Å². The highest BCUT2D eigenvalue weighted by atomic mass is 16.2. The van der Waals surface area contributed by atoms with Gasteiger partial charge in [-0.2, -0.15) is 0 Å². The van der Waals surface area contributed by atoms with Gasteiger partial charge in [-0.1, -0.05) is 23.8 Å². The summed E-state index contributed by atoms with van der Waals surface area (Å²) in [6.07, 6.45) is 5.00. The molecule has 2 aromatic rings. The Bertz CT molecular complexity index is 666. The fourth-order valence-electron chi connectivity index (χ4n) is 2.67. The van der Waals surface area contributed by atoms with Gasteiger partial charge in [0.05, 0.1) is 5.56 Å². The third-order valence-electron chi connectivity index (χ3n) is 3.69. The monoisotopic (exact) mass is 254 g/mol. The molecule has 0 aliphatic carbocycles. The Morgan fingerprint density at radius 3 is 2.95 bits per heavy atom. The van der Waals surface area contributed by atoms with Crippen LogP contribution >= 0.6 is 0 Å². The third kappa shape index (κ3) is 2.16. The maximum atomic E-state index is 12.6. The van der Waals surface area contributed by atoms with Crippen LogP contribution in [0.25, 0.3) is 10.9 Å². The largest absolute Gasteiger partial charge is 0.360 e. The van der Waals surface area contributed by atoms with Gasteiger partial charge in [-0.15, -0.1) is 0 Å². The normalized spacial score (nSPS) is 15.7. The second kappa shape index (κ2) is 4.57. The van der Waals surface area contributed by atoms with Gasteiger partial charge in [0, 0.05) is 30.2 Å². The van der Waals surface area contributed by atoms with Crippen molar-refractivity contribution in [2.75, 3.05) is 13.1 Å². The van der Waals surface area contributed by atoms with Crippen molar-refractivity contribution in [1.29, 1.82) is 0 Å². The molecular weight excluding hydrogens is 236 g/mol. The van der Waals surface area contributed by atoms with Crippen LogP contribution in [0.3, 0.4) is 0 Å². The Morgan fingerprint density at radius 1 is 1.32 bits per heavy atom. The number of fused-ring (bicyclic) bond motifs is 1. The smallest absolute Gasteiger partial charge is 0.256 e. The molecule has 0 spiro atoms. The van der Waals surface area contributed by atoms with E-state index in [0.29, 0.717) is 0 Å². The maximum Gasteiger partial charge on any atom is 0.256 e. The van der Waals surface area contributed by atoms with Gasteiger partial charge in [0.15, 0.2) is 0 Å². The first kappa shape index (κ1) is 12.0. The molecule has 0 unspecified atom stereocenters. The Labute approximate surface area is 112 Å². The number of hydrogen-bond acceptors (Lipinski definition) is 1. The lowest BCUT2D eigenvalue weighted by Gasteiger charge is -2.26. The van der Waals surface area contributed by atoms with E-state index in [0.717, 1.165) is 36.0 Å². The van der Waals surface area contributed by atoms with Crippen LogP contribution in [-0.2, 0) is 0 Å². The molecule has 1 amide bonds. The topological polar surface area (TPSA) is 36.1 Å². The van der Waals surface area contributed by atoms with Gasteiger partial charge < -0.3 is 9.88 Å². The van der Waals surface area contributed by atoms with Crippen molar-refractivity contribution < 1.29 is 4.79 Å². The second-order valence-electron chi connectivity index (χ2n) is 5.32. The predicted octanol–water partition coefficient (Wildman–Crippen LogP) is 3.27. The molecule has 0 fully saturated rings. The molecule has 0 saturated heterocycles. The maximum absolute atomic E-state index is 12.6. The van der Waals surface area contributed by atoms with E-state index in [-0.39, 0.29) is 5.91 Å². The van der Waals surface area contributed by atoms with Gasteiger partial charge in [-0.3, -0.25) is 4.79 Å². The summed E-state index contributed by atoms with van der Waals surface area (Å²) in [4.78, 5) is 17.7. The summed E-state index contributed by atoms with van der Waals surface area (Å²) in [6.45, 7) is 5.70. The van der Waals surface area contributed by atoms with E-state index in [1.165, 1.54) is 11.1 Å². The molecule has 0 radical (unpaired) electrons. The number of nitrogens with one attached hydrogen (secondary N) is 1. The summed E-state index contributed by atoms with van der Waals surface area (Å²) in [6, 6.07) is 6.16. The van der Waals surface area contributed by atoms with E-state index in [9.17, 15) is 4.79 Å². The van der Waals surface area contributed by atoms with Crippen molar-refractivity contribution in [3.05, 3.63) is 47.2 Å². The number of nitrogens with zero attached hydrogens (tertiary/aromatic N) is 1. The zero-order valence-corrected chi connectivity index (χ0v) is 11.4. The van der Waals surface area contributed by atoms with Gasteiger partial charge in [0.1, 0.15) is 0 Å². The van der Waals surface area contributed by atoms with Gasteiger partial charge in [0.2, 0.25) is 0 Å². The molecule has 19 heavy (non-hydrogen) atoms. The Morgan fingerprint density at radius 2 is 2.16 bits per heavy atom. The van der Waals surface area contributed by atoms with Crippen LogP contribution in [0.4, 0.5) is 0 Å². The van der Waals surface area contributed by atoms with E-state index in [1.807, 2.05) is 23.2 Å². The number of amides is 1. The van der Waals surface area contributed by atoms with Crippen molar-refractivity contribution in [3.8, 4) is 0 Å². The number of H-pyrrole nitrogens is 1. The van der Waals surface area contributed by atoms with Gasteiger partial charge in [0.25, 0.3) is 5.91 Å². The summed E-state index contributed by atoms with van der Waals surface area (Å²) in [5.41, 5.74) is 4.29. The van der Waals surface area contributed by atoms with Gasteiger partial charge in [-0.25, -0.2) is 0 Å². The number of carbonyl (C=O) groups is 1. The number of hydrogen-bond donors (Lipinski definition) is 1. The fraction of sp³-hybridized carbons (Fsp3) is 0.312. The molecule has 1 N–H and O–H groups in total. The quantitative estimate of drug-likeness (QED) is 0.779. The molecule has 3 nitrogen and oxygen atoms in total. The molecule has 1 aromatic carbocycles. The van der Waals surface area contributed by atoms with Crippen LogP contribution in [0.15, 0.2) is 36.0 Å². The first-order valence-corrected chi connectivity index (χ1v) is 6.68. The lowest BCUT2D eigenvalue weighted by atomic mass is 10.1. The SMILES string of the molecule is CC1=CCCN(C(=O)c2c[nH]c3cc(C)ccc23)C1. The minimum Gasteiger partial charge on any atom is -0.360 e. The predicted molar refractivity (Wildman–Crippen MR) is 77.3 cm³/mol. The van der Waals surface area contributed by atoms with Crippen molar-refractivity contribution in [2.24, 2.45) is 0 Å². The van der Waals surface area contributed by atoms with Crippen molar-refractivity contribution >= 4 is 16.8 Å². The molecule has 1 aromatic heterocycles. The fourth-order valence-corrected chi connectivity index (χ4v) is 2.67. The Kier molecular flexibility index (Phi) is 2.90. The lowest BCUT2D eigenvalue weighted by Crippen LogP contribution is -2.35. The van der Waals surface area contributed by atoms with E-state index < -0.39 is 0 Å². The second-order valence-corrected chi connectivity index (χ2v) is 5.32. The van der Waals surface area contributed by atoms with Crippen LogP contribution in [0.2, 0.25) is 0 Å². The summed E-state index contributed by atoms with van der Waals surface area (Å²) in [7, 11) is 0. The average molecular weight is 254 g/mol. The van der Waals surface area contributed by atoms with Crippen LogP contribution < -0.4 is 0 Å². The summed E-state index contributed by atoms with van der Waals surface area (Å²) in [5.74, 6) is 0.127. The summed E-state index contributed by atoms with van der Waals surface area (Å²) >= 11 is 0. The van der Waals surface area contributed by atoms with Crippen molar-refractivity contribution in [1.82, 2.24) is 9.88 Å². The average Bonchev–Trinajstić information content (AvgIpc) is 2.80. The molecule has 1 aliphatic heterocycles. The molecule has 0 bridgehead atoms. The van der Waals surface area contributed by atoms with Crippen molar-refractivity contribution in [2.45, 2.75) is 20.3 Å².